The number of aliphatic hydroxyl groups excluding tert-OH is 1. The first-order chi connectivity index (χ1) is 20.1. The summed E-state index contributed by atoms with van der Waals surface area (Å²) >= 11 is 6.35. The second-order valence-electron chi connectivity index (χ2n) is 10.5. The van der Waals surface area contributed by atoms with Crippen LogP contribution in [0.15, 0.2) is 115 Å². The molecule has 0 saturated carbocycles. The molecule has 0 radical (unpaired) electrons. The molecule has 0 spiro atoms. The SMILES string of the molecule is C=C(O)Cc1cccc(OCC[C@@H](C)N(Cc2cccc(C(F)(F)F)c2Cl)CC(c2ccccc2)c2ccccc2)c1. The Kier molecular flexibility index (Phi) is 10.7. The van der Waals surface area contributed by atoms with Gasteiger partial charge in [0.2, 0.25) is 0 Å². The van der Waals surface area contributed by atoms with Crippen LogP contribution in [0.3, 0.4) is 0 Å². The summed E-state index contributed by atoms with van der Waals surface area (Å²) < 4.78 is 47.1. The van der Waals surface area contributed by atoms with Crippen molar-refractivity contribution in [2.75, 3.05) is 13.2 Å². The highest BCUT2D eigenvalue weighted by Crippen LogP contribution is 2.37. The van der Waals surface area contributed by atoms with Gasteiger partial charge in [-0.1, -0.05) is 103 Å². The summed E-state index contributed by atoms with van der Waals surface area (Å²) in [6, 6.07) is 31.8. The first-order valence-electron chi connectivity index (χ1n) is 13.9. The zero-order valence-corrected chi connectivity index (χ0v) is 24.3. The van der Waals surface area contributed by atoms with E-state index in [4.69, 9.17) is 16.3 Å². The van der Waals surface area contributed by atoms with Crippen LogP contribution >= 0.6 is 11.6 Å². The Labute approximate surface area is 250 Å². The highest BCUT2D eigenvalue weighted by Gasteiger charge is 2.34. The van der Waals surface area contributed by atoms with E-state index in [0.29, 0.717) is 37.3 Å². The number of halogens is 4. The molecule has 0 heterocycles. The third kappa shape index (κ3) is 8.63. The number of ether oxygens (including phenoxy) is 1. The standard InChI is InChI=1S/C35H35ClF3NO2/c1-25(19-20-42-31-17-9-11-27(22-31)21-26(2)41)40(23-30-16-10-18-33(34(30)36)35(37,38)39)24-32(28-12-5-3-6-13-28)29-14-7-4-8-15-29/h3-18,22,25,32,41H,2,19-21,23-24H2,1H3/t25-/m1/s1. The van der Waals surface area contributed by atoms with Crippen molar-refractivity contribution in [3.8, 4) is 5.75 Å². The van der Waals surface area contributed by atoms with Gasteiger partial charge in [0.15, 0.2) is 0 Å². The van der Waals surface area contributed by atoms with Crippen molar-refractivity contribution < 1.29 is 23.0 Å². The fourth-order valence-corrected chi connectivity index (χ4v) is 5.35. The molecule has 0 aromatic heterocycles. The summed E-state index contributed by atoms with van der Waals surface area (Å²) in [4.78, 5) is 2.18. The van der Waals surface area contributed by atoms with Gasteiger partial charge in [0.05, 0.1) is 23.0 Å². The molecule has 1 N–H and O–H groups in total. The normalized spacial score (nSPS) is 12.5. The summed E-state index contributed by atoms with van der Waals surface area (Å²) in [6.45, 7) is 6.82. The number of hydrogen-bond donors (Lipinski definition) is 1. The molecule has 42 heavy (non-hydrogen) atoms. The zero-order chi connectivity index (χ0) is 30.1. The van der Waals surface area contributed by atoms with Crippen LogP contribution in [0.1, 0.15) is 47.1 Å². The average molecular weight is 594 g/mol. The predicted octanol–water partition coefficient (Wildman–Crippen LogP) is 9.46. The predicted molar refractivity (Wildman–Crippen MR) is 163 cm³/mol. The van der Waals surface area contributed by atoms with Gasteiger partial charge in [-0.3, -0.25) is 4.90 Å². The zero-order valence-electron chi connectivity index (χ0n) is 23.5. The van der Waals surface area contributed by atoms with Crippen LogP contribution in [-0.2, 0) is 19.1 Å². The lowest BCUT2D eigenvalue weighted by Gasteiger charge is -2.34. The fourth-order valence-electron chi connectivity index (χ4n) is 5.06. The Balaban J connectivity index is 1.59. The van der Waals surface area contributed by atoms with Crippen molar-refractivity contribution in [3.05, 3.63) is 148 Å². The van der Waals surface area contributed by atoms with E-state index < -0.39 is 11.7 Å². The average Bonchev–Trinajstić information content (AvgIpc) is 2.96. The Bertz CT molecular complexity index is 1400. The summed E-state index contributed by atoms with van der Waals surface area (Å²) in [5.41, 5.74) is 2.73. The molecule has 7 heteroatoms. The second kappa shape index (κ2) is 14.4. The molecule has 1 atom stereocenters. The minimum Gasteiger partial charge on any atom is -0.513 e. The van der Waals surface area contributed by atoms with Crippen molar-refractivity contribution in [1.29, 1.82) is 0 Å². The Morgan fingerprint density at radius 2 is 1.52 bits per heavy atom. The molecular formula is C35H35ClF3NO2. The van der Waals surface area contributed by atoms with Gasteiger partial charge in [-0.2, -0.15) is 13.2 Å². The maximum Gasteiger partial charge on any atom is 0.417 e. The number of rotatable bonds is 13. The van der Waals surface area contributed by atoms with Crippen LogP contribution in [0.4, 0.5) is 13.2 Å². The number of allylic oxidation sites excluding steroid dienone is 1. The quantitative estimate of drug-likeness (QED) is 0.157. The smallest absolute Gasteiger partial charge is 0.417 e. The van der Waals surface area contributed by atoms with E-state index in [1.807, 2.05) is 60.7 Å². The number of benzene rings is 4. The fraction of sp³-hybridized carbons (Fsp3) is 0.257. The topological polar surface area (TPSA) is 32.7 Å². The van der Waals surface area contributed by atoms with Crippen LogP contribution < -0.4 is 4.74 Å². The van der Waals surface area contributed by atoms with E-state index in [0.717, 1.165) is 22.8 Å². The van der Waals surface area contributed by atoms with Gasteiger partial charge in [-0.15, -0.1) is 0 Å². The van der Waals surface area contributed by atoms with Gasteiger partial charge < -0.3 is 9.84 Å². The highest BCUT2D eigenvalue weighted by molar-refractivity contribution is 6.32. The van der Waals surface area contributed by atoms with Gasteiger partial charge in [0.25, 0.3) is 0 Å². The largest absolute Gasteiger partial charge is 0.513 e. The van der Waals surface area contributed by atoms with Crippen LogP contribution in [-0.4, -0.2) is 29.2 Å². The Morgan fingerprint density at radius 1 is 0.905 bits per heavy atom. The lowest BCUT2D eigenvalue weighted by molar-refractivity contribution is -0.137. The van der Waals surface area contributed by atoms with Crippen LogP contribution in [0.25, 0.3) is 0 Å². The first-order valence-corrected chi connectivity index (χ1v) is 14.3. The number of alkyl halides is 3. The third-order valence-corrected chi connectivity index (χ3v) is 7.76. The summed E-state index contributed by atoms with van der Waals surface area (Å²) in [6.07, 6.45) is -3.56. The van der Waals surface area contributed by atoms with Gasteiger partial charge in [0, 0.05) is 31.5 Å². The minimum absolute atomic E-state index is 0.0106. The molecule has 4 rings (SSSR count). The van der Waals surface area contributed by atoms with E-state index in [2.05, 4.69) is 42.7 Å². The highest BCUT2D eigenvalue weighted by atomic mass is 35.5. The molecule has 0 aliphatic carbocycles. The third-order valence-electron chi connectivity index (χ3n) is 7.31. The molecule has 0 fully saturated rings. The molecule has 0 saturated heterocycles. The molecule has 0 amide bonds. The lowest BCUT2D eigenvalue weighted by atomic mass is 9.90. The molecule has 0 unspecified atom stereocenters. The molecular weight excluding hydrogens is 559 g/mol. The molecule has 220 valence electrons. The maximum absolute atomic E-state index is 13.7. The van der Waals surface area contributed by atoms with Crippen LogP contribution in [0.2, 0.25) is 5.02 Å². The van der Waals surface area contributed by atoms with E-state index in [1.54, 1.807) is 6.07 Å². The van der Waals surface area contributed by atoms with Gasteiger partial charge in [-0.25, -0.2) is 0 Å². The van der Waals surface area contributed by atoms with Gasteiger partial charge >= 0.3 is 6.18 Å². The van der Waals surface area contributed by atoms with E-state index in [-0.39, 0.29) is 29.3 Å². The van der Waals surface area contributed by atoms with E-state index >= 15 is 0 Å². The van der Waals surface area contributed by atoms with Crippen molar-refractivity contribution >= 4 is 11.6 Å². The van der Waals surface area contributed by atoms with Crippen molar-refractivity contribution in [1.82, 2.24) is 4.90 Å². The van der Waals surface area contributed by atoms with Crippen molar-refractivity contribution in [3.63, 3.8) is 0 Å². The van der Waals surface area contributed by atoms with Crippen LogP contribution in [0, 0.1) is 0 Å². The molecule has 4 aromatic carbocycles. The first kappa shape index (κ1) is 31.2. The number of hydrogen-bond acceptors (Lipinski definition) is 3. The van der Waals surface area contributed by atoms with Crippen LogP contribution in [0.5, 0.6) is 5.75 Å². The van der Waals surface area contributed by atoms with Crippen molar-refractivity contribution in [2.45, 2.75) is 44.4 Å². The summed E-state index contributed by atoms with van der Waals surface area (Å²) in [7, 11) is 0. The summed E-state index contributed by atoms with van der Waals surface area (Å²) in [5.74, 6) is 0.750. The van der Waals surface area contributed by atoms with Gasteiger partial charge in [-0.05, 0) is 53.8 Å². The Hall–Kier alpha value is -3.74. The number of aliphatic hydroxyl groups is 1. The molecule has 0 bridgehead atoms. The van der Waals surface area contributed by atoms with Gasteiger partial charge in [0.1, 0.15) is 5.75 Å². The Morgan fingerprint density at radius 3 is 2.12 bits per heavy atom. The minimum atomic E-state index is -4.54. The second-order valence-corrected chi connectivity index (χ2v) is 10.8. The maximum atomic E-state index is 13.7. The van der Waals surface area contributed by atoms with Crippen molar-refractivity contribution in [2.24, 2.45) is 0 Å². The van der Waals surface area contributed by atoms with E-state index in [9.17, 15) is 18.3 Å². The monoisotopic (exact) mass is 593 g/mol. The number of nitrogens with zero attached hydrogens (tertiary/aromatic N) is 1. The van der Waals surface area contributed by atoms with E-state index in [1.165, 1.54) is 6.07 Å². The molecule has 4 aromatic rings. The lowest BCUT2D eigenvalue weighted by Crippen LogP contribution is -2.37. The summed E-state index contributed by atoms with van der Waals surface area (Å²) in [5, 5.41) is 9.27. The molecule has 0 aliphatic heterocycles. The molecule has 0 aliphatic rings. The molecule has 3 nitrogen and oxygen atoms in total.